The zero-order valence-corrected chi connectivity index (χ0v) is 14.9. The Hall–Kier alpha value is -2.25. The molecule has 2 aromatic rings. The second-order valence-corrected chi connectivity index (χ2v) is 7.24. The van der Waals surface area contributed by atoms with Gasteiger partial charge in [-0.25, -0.2) is 0 Å². The molecule has 7 heteroatoms. The lowest BCUT2D eigenvalue weighted by Gasteiger charge is -2.23. The summed E-state index contributed by atoms with van der Waals surface area (Å²) in [5.74, 6) is -0.111. The largest absolute Gasteiger partial charge is 0.326 e. The first kappa shape index (κ1) is 17.6. The monoisotopic (exact) mass is 359 g/mol. The van der Waals surface area contributed by atoms with Crippen molar-refractivity contribution in [2.75, 3.05) is 18.4 Å². The number of amides is 1. The van der Waals surface area contributed by atoms with Crippen molar-refractivity contribution in [2.24, 2.45) is 0 Å². The zero-order valence-electron chi connectivity index (χ0n) is 14.1. The fraction of sp³-hybridized carbons (Fsp3) is 0.389. The van der Waals surface area contributed by atoms with Gasteiger partial charge in [-0.1, -0.05) is 12.1 Å². The minimum Gasteiger partial charge on any atom is -0.326 e. The summed E-state index contributed by atoms with van der Waals surface area (Å²) in [5.41, 5.74) is 1.31. The number of nitrogens with zero attached hydrogens (tertiary/aromatic N) is 2. The van der Waals surface area contributed by atoms with Crippen LogP contribution in [0.2, 0.25) is 0 Å². The van der Waals surface area contributed by atoms with Crippen LogP contribution in [0.3, 0.4) is 0 Å². The number of nitro groups is 1. The van der Waals surface area contributed by atoms with Crippen molar-refractivity contribution in [3.8, 4) is 0 Å². The molecule has 0 saturated carbocycles. The number of thiophene rings is 1. The fourth-order valence-corrected chi connectivity index (χ4v) is 4.11. The highest BCUT2D eigenvalue weighted by atomic mass is 32.1. The summed E-state index contributed by atoms with van der Waals surface area (Å²) >= 11 is 1.76. The molecule has 1 aliphatic rings. The Morgan fingerprint density at radius 1 is 1.44 bits per heavy atom. The first-order valence-electron chi connectivity index (χ1n) is 8.37. The summed E-state index contributed by atoms with van der Waals surface area (Å²) in [7, 11) is 0. The summed E-state index contributed by atoms with van der Waals surface area (Å²) in [6, 6.07) is 9.14. The number of nitro benzene ring substituents is 1. The molecule has 3 rings (SSSR count). The molecule has 0 spiro atoms. The molecule has 2 heterocycles. The van der Waals surface area contributed by atoms with Crippen molar-refractivity contribution in [1.29, 1.82) is 0 Å². The summed E-state index contributed by atoms with van der Waals surface area (Å²) in [5, 5.41) is 15.8. The molecule has 1 fully saturated rings. The topological polar surface area (TPSA) is 75.5 Å². The van der Waals surface area contributed by atoms with Gasteiger partial charge in [0.1, 0.15) is 0 Å². The Labute approximate surface area is 150 Å². The molecular weight excluding hydrogens is 338 g/mol. The molecule has 1 aromatic carbocycles. The molecule has 6 nitrogen and oxygen atoms in total. The van der Waals surface area contributed by atoms with Crippen molar-refractivity contribution < 1.29 is 9.72 Å². The van der Waals surface area contributed by atoms with Gasteiger partial charge in [-0.05, 0) is 43.3 Å². The van der Waals surface area contributed by atoms with E-state index in [2.05, 4.69) is 27.7 Å². The van der Waals surface area contributed by atoms with Crippen molar-refractivity contribution in [3.05, 3.63) is 56.3 Å². The lowest BCUT2D eigenvalue weighted by molar-refractivity contribution is -0.384. The molecule has 0 unspecified atom stereocenters. The lowest BCUT2D eigenvalue weighted by atomic mass is 10.1. The molecule has 132 valence electrons. The van der Waals surface area contributed by atoms with Gasteiger partial charge in [-0.15, -0.1) is 11.3 Å². The first-order valence-corrected chi connectivity index (χ1v) is 9.25. The molecule has 1 aromatic heterocycles. The van der Waals surface area contributed by atoms with Gasteiger partial charge in [0.05, 0.1) is 10.6 Å². The van der Waals surface area contributed by atoms with E-state index in [0.717, 1.165) is 24.9 Å². The number of hydrogen-bond acceptors (Lipinski definition) is 5. The van der Waals surface area contributed by atoms with E-state index >= 15 is 0 Å². The maximum absolute atomic E-state index is 12.3. The van der Waals surface area contributed by atoms with E-state index in [1.54, 1.807) is 17.4 Å². The quantitative estimate of drug-likeness (QED) is 0.621. The van der Waals surface area contributed by atoms with Gasteiger partial charge in [0.2, 0.25) is 5.91 Å². The van der Waals surface area contributed by atoms with E-state index in [9.17, 15) is 14.9 Å². The average molecular weight is 359 g/mol. The van der Waals surface area contributed by atoms with Gasteiger partial charge in [-0.2, -0.15) is 0 Å². The highest BCUT2D eigenvalue weighted by Crippen LogP contribution is 2.34. The Morgan fingerprint density at radius 2 is 2.28 bits per heavy atom. The molecule has 25 heavy (non-hydrogen) atoms. The van der Waals surface area contributed by atoms with Crippen molar-refractivity contribution in [2.45, 2.75) is 32.2 Å². The smallest absolute Gasteiger partial charge is 0.271 e. The van der Waals surface area contributed by atoms with Crippen LogP contribution in [0.5, 0.6) is 0 Å². The summed E-state index contributed by atoms with van der Waals surface area (Å²) < 4.78 is 0. The molecule has 1 saturated heterocycles. The van der Waals surface area contributed by atoms with Crippen molar-refractivity contribution >= 4 is 28.6 Å². The third kappa shape index (κ3) is 4.24. The third-order valence-electron chi connectivity index (χ3n) is 4.57. The minimum atomic E-state index is -0.453. The Balaban J connectivity index is 1.58. The second-order valence-electron chi connectivity index (χ2n) is 6.26. The molecule has 0 bridgehead atoms. The number of carbonyl (C=O) groups is 1. The summed E-state index contributed by atoms with van der Waals surface area (Å²) in [6.45, 7) is 3.53. The number of non-ortho nitro benzene ring substituents is 1. The lowest BCUT2D eigenvalue weighted by Crippen LogP contribution is -2.27. The third-order valence-corrected chi connectivity index (χ3v) is 5.54. The van der Waals surface area contributed by atoms with E-state index in [4.69, 9.17) is 0 Å². The number of likely N-dealkylation sites (tertiary alicyclic amines) is 1. The van der Waals surface area contributed by atoms with Gasteiger partial charge in [0.15, 0.2) is 0 Å². The summed E-state index contributed by atoms with van der Waals surface area (Å²) in [6.07, 6.45) is 2.66. The highest BCUT2D eigenvalue weighted by Gasteiger charge is 2.26. The van der Waals surface area contributed by atoms with Gasteiger partial charge in [0, 0.05) is 36.0 Å². The molecular formula is C18H21N3O3S. The maximum Gasteiger partial charge on any atom is 0.271 e. The summed E-state index contributed by atoms with van der Waals surface area (Å²) in [4.78, 5) is 26.4. The van der Waals surface area contributed by atoms with E-state index in [1.807, 2.05) is 6.92 Å². The normalized spacial score (nSPS) is 17.6. The number of aryl methyl sites for hydroxylation is 1. The van der Waals surface area contributed by atoms with Gasteiger partial charge in [-0.3, -0.25) is 19.8 Å². The van der Waals surface area contributed by atoms with Crippen LogP contribution in [0.15, 0.2) is 35.7 Å². The zero-order chi connectivity index (χ0) is 17.8. The van der Waals surface area contributed by atoms with Crippen molar-refractivity contribution in [3.63, 3.8) is 0 Å². The molecule has 0 aliphatic carbocycles. The Kier molecular flexibility index (Phi) is 5.45. The van der Waals surface area contributed by atoms with Crippen LogP contribution in [-0.2, 0) is 4.79 Å². The van der Waals surface area contributed by atoms with Crippen LogP contribution >= 0.6 is 11.3 Å². The predicted molar refractivity (Wildman–Crippen MR) is 98.9 cm³/mol. The number of benzene rings is 1. The fourth-order valence-electron chi connectivity index (χ4n) is 3.21. The van der Waals surface area contributed by atoms with Crippen LogP contribution in [0.1, 0.15) is 35.7 Å². The maximum atomic E-state index is 12.3. The second kappa shape index (κ2) is 7.76. The molecule has 1 aliphatic heterocycles. The number of nitrogens with one attached hydrogen (secondary N) is 1. The standard InChI is InChI=1S/C18H21N3O3S/c1-13-6-7-14(21(23)24)12-15(13)19-18(22)8-10-20-9-2-4-16(20)17-5-3-11-25-17/h3,5-7,11-12,16H,2,4,8-10H2,1H3,(H,19,22)/t16-/m0/s1. The Bertz CT molecular complexity index is 761. The van der Waals surface area contributed by atoms with Crippen LogP contribution in [-0.4, -0.2) is 28.8 Å². The van der Waals surface area contributed by atoms with E-state index < -0.39 is 4.92 Å². The van der Waals surface area contributed by atoms with E-state index in [1.165, 1.54) is 17.0 Å². The van der Waals surface area contributed by atoms with Crippen LogP contribution in [0.4, 0.5) is 11.4 Å². The number of carbonyl (C=O) groups excluding carboxylic acids is 1. The Morgan fingerprint density at radius 3 is 3.00 bits per heavy atom. The highest BCUT2D eigenvalue weighted by molar-refractivity contribution is 7.10. The molecule has 0 radical (unpaired) electrons. The van der Waals surface area contributed by atoms with Crippen LogP contribution in [0.25, 0.3) is 0 Å². The molecule has 1 amide bonds. The average Bonchev–Trinajstić information content (AvgIpc) is 3.25. The molecule has 1 N–H and O–H groups in total. The number of rotatable bonds is 6. The number of anilines is 1. The minimum absolute atomic E-state index is 0.0156. The number of hydrogen-bond donors (Lipinski definition) is 1. The van der Waals surface area contributed by atoms with Crippen LogP contribution in [0, 0.1) is 17.0 Å². The van der Waals surface area contributed by atoms with E-state index in [0.29, 0.717) is 24.7 Å². The van der Waals surface area contributed by atoms with Crippen LogP contribution < -0.4 is 5.32 Å². The van der Waals surface area contributed by atoms with Gasteiger partial charge < -0.3 is 5.32 Å². The van der Waals surface area contributed by atoms with Gasteiger partial charge >= 0.3 is 0 Å². The predicted octanol–water partition coefficient (Wildman–Crippen LogP) is 4.13. The molecule has 1 atom stereocenters. The first-order chi connectivity index (χ1) is 12.0. The van der Waals surface area contributed by atoms with Crippen molar-refractivity contribution in [1.82, 2.24) is 4.90 Å². The van der Waals surface area contributed by atoms with Gasteiger partial charge in [0.25, 0.3) is 5.69 Å². The SMILES string of the molecule is Cc1ccc([N+](=O)[O-])cc1NC(=O)CCN1CCC[C@H]1c1cccs1. The van der Waals surface area contributed by atoms with E-state index in [-0.39, 0.29) is 11.6 Å².